The molecule has 142 valence electrons. The van der Waals surface area contributed by atoms with Gasteiger partial charge in [0.05, 0.1) is 6.54 Å². The highest BCUT2D eigenvalue weighted by atomic mass is 15.3. The molecule has 0 aromatic carbocycles. The van der Waals surface area contributed by atoms with Crippen LogP contribution in [-0.4, -0.2) is 59.9 Å². The number of likely N-dealkylation sites (N-methyl/N-ethyl adjacent to an activating group) is 1. The van der Waals surface area contributed by atoms with Crippen LogP contribution in [0.4, 0.5) is 0 Å². The van der Waals surface area contributed by atoms with Crippen molar-refractivity contribution in [3.8, 4) is 0 Å². The third-order valence-electron chi connectivity index (χ3n) is 5.31. The average Bonchev–Trinajstić information content (AvgIpc) is 3.09. The van der Waals surface area contributed by atoms with Gasteiger partial charge in [-0.25, -0.2) is 0 Å². The lowest BCUT2D eigenvalue weighted by molar-refractivity contribution is 0.0845. The summed E-state index contributed by atoms with van der Waals surface area (Å²) >= 11 is 0. The number of aliphatic imine (C=N–C) groups is 1. The summed E-state index contributed by atoms with van der Waals surface area (Å²) in [5.74, 6) is 1.72. The normalized spacial score (nSPS) is 24.5. The van der Waals surface area contributed by atoms with Crippen molar-refractivity contribution in [3.05, 3.63) is 18.5 Å². The van der Waals surface area contributed by atoms with Crippen LogP contribution in [0, 0.1) is 5.92 Å². The Bertz CT molecular complexity index is 510. The molecule has 25 heavy (non-hydrogen) atoms. The quantitative estimate of drug-likeness (QED) is 0.430. The monoisotopic (exact) mass is 348 g/mol. The molecule has 2 N–H and O–H groups in total. The molecule has 2 atom stereocenters. The summed E-state index contributed by atoms with van der Waals surface area (Å²) in [6.45, 7) is 8.07. The second-order valence-corrected chi connectivity index (χ2v) is 7.56. The summed E-state index contributed by atoms with van der Waals surface area (Å²) in [5.41, 5.74) is 0.203. The first-order valence-electron chi connectivity index (χ1n) is 9.73. The van der Waals surface area contributed by atoms with Gasteiger partial charge in [-0.1, -0.05) is 19.8 Å². The highest BCUT2D eigenvalue weighted by molar-refractivity contribution is 5.79. The van der Waals surface area contributed by atoms with Gasteiger partial charge in [-0.05, 0) is 52.3 Å². The van der Waals surface area contributed by atoms with Gasteiger partial charge in [0.25, 0.3) is 0 Å². The van der Waals surface area contributed by atoms with Crippen molar-refractivity contribution in [2.75, 3.05) is 33.7 Å². The number of hydrogen-bond donors (Lipinski definition) is 2. The standard InChI is InChI=1S/C19H36N6/c1-5-20-18(21-11-7-13-25-14-8-12-23-25)22-16-19(24(3)4)10-6-9-17(2)15-19/h8,12,14,17H,5-7,9-11,13,15-16H2,1-4H3,(H2,20,21,22). The van der Waals surface area contributed by atoms with Crippen LogP contribution in [-0.2, 0) is 6.54 Å². The molecule has 6 heteroatoms. The van der Waals surface area contributed by atoms with Crippen LogP contribution in [0.5, 0.6) is 0 Å². The van der Waals surface area contributed by atoms with Crippen LogP contribution in [0.2, 0.25) is 0 Å². The molecule has 1 aromatic heterocycles. The maximum absolute atomic E-state index is 4.93. The van der Waals surface area contributed by atoms with Crippen molar-refractivity contribution >= 4 is 5.96 Å². The predicted octanol–water partition coefficient (Wildman–Crippen LogP) is 2.34. The summed E-state index contributed by atoms with van der Waals surface area (Å²) < 4.78 is 1.97. The SMILES string of the molecule is CCNC(=NCC1(N(C)C)CCCC(C)C1)NCCCn1cccn1. The maximum Gasteiger partial charge on any atom is 0.191 e. The zero-order valence-electron chi connectivity index (χ0n) is 16.5. The lowest BCUT2D eigenvalue weighted by Gasteiger charge is -2.44. The smallest absolute Gasteiger partial charge is 0.191 e. The van der Waals surface area contributed by atoms with Crippen LogP contribution in [0.3, 0.4) is 0 Å². The summed E-state index contributed by atoms with van der Waals surface area (Å²) in [7, 11) is 4.41. The molecule has 1 aliphatic carbocycles. The van der Waals surface area contributed by atoms with Gasteiger partial charge in [0.15, 0.2) is 5.96 Å². The van der Waals surface area contributed by atoms with Crippen LogP contribution in [0.1, 0.15) is 46.0 Å². The molecule has 0 aliphatic heterocycles. The fourth-order valence-corrected chi connectivity index (χ4v) is 3.77. The van der Waals surface area contributed by atoms with E-state index in [1.165, 1.54) is 25.7 Å². The fraction of sp³-hybridized carbons (Fsp3) is 0.789. The molecular weight excluding hydrogens is 312 g/mol. The van der Waals surface area contributed by atoms with Crippen LogP contribution in [0.25, 0.3) is 0 Å². The zero-order valence-corrected chi connectivity index (χ0v) is 16.5. The van der Waals surface area contributed by atoms with Gasteiger partial charge in [-0.15, -0.1) is 0 Å². The third-order valence-corrected chi connectivity index (χ3v) is 5.31. The number of aryl methyl sites for hydroxylation is 1. The van der Waals surface area contributed by atoms with Crippen LogP contribution >= 0.6 is 0 Å². The maximum atomic E-state index is 4.93. The number of nitrogens with one attached hydrogen (secondary N) is 2. The highest BCUT2D eigenvalue weighted by Crippen LogP contribution is 2.35. The largest absolute Gasteiger partial charge is 0.357 e. The van der Waals surface area contributed by atoms with Crippen molar-refractivity contribution in [2.24, 2.45) is 10.9 Å². The summed E-state index contributed by atoms with van der Waals surface area (Å²) in [6, 6.07) is 1.96. The fourth-order valence-electron chi connectivity index (χ4n) is 3.77. The minimum absolute atomic E-state index is 0.203. The molecule has 1 aliphatic rings. The molecule has 6 nitrogen and oxygen atoms in total. The van der Waals surface area contributed by atoms with Crippen molar-refractivity contribution < 1.29 is 0 Å². The molecule has 0 saturated heterocycles. The number of rotatable bonds is 8. The topological polar surface area (TPSA) is 57.5 Å². The number of guanidine groups is 1. The van der Waals surface area contributed by atoms with E-state index in [0.29, 0.717) is 0 Å². The summed E-state index contributed by atoms with van der Waals surface area (Å²) in [5, 5.41) is 11.1. The molecule has 1 heterocycles. The van der Waals surface area contributed by atoms with Gasteiger partial charge in [-0.2, -0.15) is 5.10 Å². The second kappa shape index (κ2) is 9.80. The van der Waals surface area contributed by atoms with Gasteiger partial charge in [0.1, 0.15) is 0 Å². The van der Waals surface area contributed by atoms with E-state index in [4.69, 9.17) is 4.99 Å². The average molecular weight is 349 g/mol. The van der Waals surface area contributed by atoms with Gasteiger partial charge < -0.3 is 15.5 Å². The minimum Gasteiger partial charge on any atom is -0.357 e. The van der Waals surface area contributed by atoms with Crippen molar-refractivity contribution in [3.63, 3.8) is 0 Å². The summed E-state index contributed by atoms with van der Waals surface area (Å²) in [6.07, 6.45) is 10.00. The van der Waals surface area contributed by atoms with E-state index in [-0.39, 0.29) is 5.54 Å². The first kappa shape index (κ1) is 19.8. The molecule has 1 saturated carbocycles. The highest BCUT2D eigenvalue weighted by Gasteiger charge is 2.36. The van der Waals surface area contributed by atoms with Crippen LogP contribution in [0.15, 0.2) is 23.5 Å². The van der Waals surface area contributed by atoms with Crippen molar-refractivity contribution in [1.29, 1.82) is 0 Å². The van der Waals surface area contributed by atoms with E-state index in [9.17, 15) is 0 Å². The first-order valence-corrected chi connectivity index (χ1v) is 9.73. The van der Waals surface area contributed by atoms with Gasteiger partial charge in [0, 0.05) is 37.6 Å². The molecule has 0 radical (unpaired) electrons. The number of aromatic nitrogens is 2. The molecule has 2 rings (SSSR count). The lowest BCUT2D eigenvalue weighted by Crippen LogP contribution is -2.51. The first-order chi connectivity index (χ1) is 12.1. The van der Waals surface area contributed by atoms with Gasteiger partial charge in [0.2, 0.25) is 0 Å². The van der Waals surface area contributed by atoms with Gasteiger partial charge >= 0.3 is 0 Å². The molecule has 0 bridgehead atoms. The van der Waals surface area contributed by atoms with E-state index in [0.717, 1.165) is 44.5 Å². The lowest BCUT2D eigenvalue weighted by atomic mass is 9.75. The van der Waals surface area contributed by atoms with Crippen LogP contribution < -0.4 is 10.6 Å². The molecule has 2 unspecified atom stereocenters. The minimum atomic E-state index is 0.203. The third kappa shape index (κ3) is 6.03. The van der Waals surface area contributed by atoms with E-state index >= 15 is 0 Å². The Balaban J connectivity index is 1.88. The Hall–Kier alpha value is -1.56. The van der Waals surface area contributed by atoms with E-state index < -0.39 is 0 Å². The number of nitrogens with zero attached hydrogens (tertiary/aromatic N) is 4. The Morgan fingerprint density at radius 2 is 2.24 bits per heavy atom. The predicted molar refractivity (Wildman–Crippen MR) is 105 cm³/mol. The molecule has 1 aromatic rings. The molecule has 0 spiro atoms. The molecule has 0 amide bonds. The molecule has 1 fully saturated rings. The van der Waals surface area contributed by atoms with Crippen molar-refractivity contribution in [2.45, 2.75) is 58.0 Å². The zero-order chi connectivity index (χ0) is 18.1. The Morgan fingerprint density at radius 1 is 1.40 bits per heavy atom. The Kier molecular flexibility index (Phi) is 7.75. The summed E-state index contributed by atoms with van der Waals surface area (Å²) in [4.78, 5) is 7.33. The van der Waals surface area contributed by atoms with Crippen molar-refractivity contribution in [1.82, 2.24) is 25.3 Å². The second-order valence-electron chi connectivity index (χ2n) is 7.56. The molecular formula is C19H36N6. The van der Waals surface area contributed by atoms with E-state index in [1.54, 1.807) is 0 Å². The Morgan fingerprint density at radius 3 is 2.88 bits per heavy atom. The Labute approximate surface area is 153 Å². The van der Waals surface area contributed by atoms with E-state index in [1.807, 2.05) is 23.1 Å². The van der Waals surface area contributed by atoms with Gasteiger partial charge in [-0.3, -0.25) is 9.67 Å². The van der Waals surface area contributed by atoms with E-state index in [2.05, 4.69) is 48.6 Å². The number of hydrogen-bond acceptors (Lipinski definition) is 3.